The van der Waals surface area contributed by atoms with E-state index in [-0.39, 0.29) is 6.10 Å². The molecule has 0 unspecified atom stereocenters. The van der Waals surface area contributed by atoms with Gasteiger partial charge in [0.05, 0.1) is 6.10 Å². The number of nitrogens with one attached hydrogen (secondary N) is 1. The molecule has 6 heteroatoms. The molecular formula is C12H21N5O. The molecule has 0 atom stereocenters. The van der Waals surface area contributed by atoms with Gasteiger partial charge in [-0.1, -0.05) is 6.92 Å². The fourth-order valence-electron chi connectivity index (χ4n) is 2.23. The highest BCUT2D eigenvalue weighted by molar-refractivity contribution is 5.58. The van der Waals surface area contributed by atoms with E-state index in [0.717, 1.165) is 49.6 Å². The number of nitrogens with two attached hydrogens (primary N) is 1. The number of aliphatic hydroxyl groups excluding tert-OH is 1. The minimum Gasteiger partial charge on any atom is -0.393 e. The van der Waals surface area contributed by atoms with E-state index in [1.165, 1.54) is 0 Å². The normalized spacial score (nSPS) is 17.0. The van der Waals surface area contributed by atoms with Gasteiger partial charge in [-0.2, -0.15) is 0 Å². The lowest BCUT2D eigenvalue weighted by atomic mass is 10.1. The molecule has 1 aliphatic heterocycles. The molecule has 1 aromatic rings. The van der Waals surface area contributed by atoms with Crippen LogP contribution in [0.15, 0.2) is 0 Å². The molecule has 0 bridgehead atoms. The van der Waals surface area contributed by atoms with Crippen LogP contribution in [-0.4, -0.2) is 34.3 Å². The van der Waals surface area contributed by atoms with Crippen LogP contribution in [0.5, 0.6) is 0 Å². The predicted molar refractivity (Wildman–Crippen MR) is 71.4 cm³/mol. The van der Waals surface area contributed by atoms with Gasteiger partial charge in [-0.05, 0) is 19.8 Å². The number of aryl methyl sites for hydroxylation is 1. The highest BCUT2D eigenvalue weighted by atomic mass is 16.3. The van der Waals surface area contributed by atoms with E-state index in [2.05, 4.69) is 20.3 Å². The first-order valence-corrected chi connectivity index (χ1v) is 6.42. The molecule has 0 radical (unpaired) electrons. The van der Waals surface area contributed by atoms with Crippen molar-refractivity contribution in [3.63, 3.8) is 0 Å². The number of nitrogens with zero attached hydrogens (tertiary/aromatic N) is 3. The molecule has 1 fully saturated rings. The number of aromatic nitrogens is 2. The fourth-order valence-corrected chi connectivity index (χ4v) is 2.23. The first-order valence-electron chi connectivity index (χ1n) is 6.42. The molecule has 1 aromatic heterocycles. The Morgan fingerprint density at radius 1 is 1.39 bits per heavy atom. The number of hydrogen-bond acceptors (Lipinski definition) is 6. The zero-order chi connectivity index (χ0) is 13.1. The number of nitrogen functional groups attached to an aromatic ring is 1. The second-order valence-corrected chi connectivity index (χ2v) is 4.65. The first-order chi connectivity index (χ1) is 8.65. The Balaban J connectivity index is 2.31. The second-order valence-electron chi connectivity index (χ2n) is 4.65. The van der Waals surface area contributed by atoms with E-state index in [9.17, 15) is 5.11 Å². The summed E-state index contributed by atoms with van der Waals surface area (Å²) in [4.78, 5) is 11.1. The summed E-state index contributed by atoms with van der Waals surface area (Å²) in [5.41, 5.74) is 3.60. The maximum Gasteiger partial charge on any atom is 0.148 e. The molecule has 6 nitrogen and oxygen atoms in total. The molecular weight excluding hydrogens is 230 g/mol. The lowest BCUT2D eigenvalue weighted by Crippen LogP contribution is -2.37. The van der Waals surface area contributed by atoms with Crippen molar-refractivity contribution < 1.29 is 5.11 Å². The van der Waals surface area contributed by atoms with Crippen LogP contribution in [0.3, 0.4) is 0 Å². The van der Waals surface area contributed by atoms with Crippen molar-refractivity contribution in [3.8, 4) is 0 Å². The van der Waals surface area contributed by atoms with Crippen LogP contribution < -0.4 is 16.2 Å². The molecule has 2 rings (SSSR count). The van der Waals surface area contributed by atoms with Crippen molar-refractivity contribution in [3.05, 3.63) is 11.4 Å². The zero-order valence-corrected chi connectivity index (χ0v) is 11.0. The Morgan fingerprint density at radius 3 is 2.61 bits per heavy atom. The van der Waals surface area contributed by atoms with Crippen molar-refractivity contribution in [1.29, 1.82) is 0 Å². The molecule has 0 saturated carbocycles. The van der Waals surface area contributed by atoms with Gasteiger partial charge in [0.15, 0.2) is 0 Å². The summed E-state index contributed by atoms with van der Waals surface area (Å²) in [6, 6.07) is 0. The van der Waals surface area contributed by atoms with Crippen molar-refractivity contribution in [2.45, 2.75) is 39.2 Å². The van der Waals surface area contributed by atoms with Gasteiger partial charge in [-0.15, -0.1) is 0 Å². The summed E-state index contributed by atoms with van der Waals surface area (Å²) in [6.07, 6.45) is 2.17. The van der Waals surface area contributed by atoms with Crippen LogP contribution in [0.2, 0.25) is 0 Å². The van der Waals surface area contributed by atoms with Crippen LogP contribution in [0, 0.1) is 6.92 Å². The average Bonchev–Trinajstić information content (AvgIpc) is 2.40. The quantitative estimate of drug-likeness (QED) is 0.538. The third-order valence-corrected chi connectivity index (χ3v) is 3.38. The SMILES string of the molecule is CCc1nc(NN)c(C)c(N2CCC(O)CC2)n1. The second kappa shape index (κ2) is 5.49. The van der Waals surface area contributed by atoms with Gasteiger partial charge in [0.1, 0.15) is 17.5 Å². The summed E-state index contributed by atoms with van der Waals surface area (Å²) in [6.45, 7) is 5.64. The third kappa shape index (κ3) is 2.54. The van der Waals surface area contributed by atoms with E-state index in [0.29, 0.717) is 5.82 Å². The number of hydrogen-bond donors (Lipinski definition) is 3. The topological polar surface area (TPSA) is 87.3 Å². The maximum atomic E-state index is 9.55. The fraction of sp³-hybridized carbons (Fsp3) is 0.667. The van der Waals surface area contributed by atoms with Gasteiger partial charge in [-0.25, -0.2) is 15.8 Å². The van der Waals surface area contributed by atoms with E-state index in [4.69, 9.17) is 5.84 Å². The molecule has 2 heterocycles. The van der Waals surface area contributed by atoms with Crippen LogP contribution >= 0.6 is 0 Å². The third-order valence-electron chi connectivity index (χ3n) is 3.38. The molecule has 1 saturated heterocycles. The van der Waals surface area contributed by atoms with E-state index in [1.54, 1.807) is 0 Å². The monoisotopic (exact) mass is 251 g/mol. The van der Waals surface area contributed by atoms with Gasteiger partial charge in [-0.3, -0.25) is 0 Å². The number of anilines is 2. The van der Waals surface area contributed by atoms with Crippen molar-refractivity contribution in [2.75, 3.05) is 23.4 Å². The van der Waals surface area contributed by atoms with Gasteiger partial charge < -0.3 is 15.4 Å². The minimum atomic E-state index is -0.179. The van der Waals surface area contributed by atoms with E-state index in [1.807, 2.05) is 13.8 Å². The summed E-state index contributed by atoms with van der Waals surface area (Å²) in [5, 5.41) is 9.55. The summed E-state index contributed by atoms with van der Waals surface area (Å²) in [5.74, 6) is 7.90. The molecule has 0 amide bonds. The van der Waals surface area contributed by atoms with Gasteiger partial charge in [0, 0.05) is 25.1 Å². The Bertz CT molecular complexity index is 415. The number of piperidine rings is 1. The molecule has 0 aliphatic carbocycles. The standard InChI is InChI=1S/C12H21N5O/c1-3-10-14-11(16-13)8(2)12(15-10)17-6-4-9(18)5-7-17/h9,18H,3-7,13H2,1-2H3,(H,14,15,16). The van der Waals surface area contributed by atoms with Crippen LogP contribution in [-0.2, 0) is 6.42 Å². The van der Waals surface area contributed by atoms with E-state index >= 15 is 0 Å². The number of rotatable bonds is 3. The Labute approximate surface area is 107 Å². The Morgan fingerprint density at radius 2 is 2.06 bits per heavy atom. The van der Waals surface area contributed by atoms with Crippen LogP contribution in [0.4, 0.5) is 11.6 Å². The largest absolute Gasteiger partial charge is 0.393 e. The number of hydrazine groups is 1. The summed E-state index contributed by atoms with van der Waals surface area (Å²) < 4.78 is 0. The lowest BCUT2D eigenvalue weighted by molar-refractivity contribution is 0.145. The Hall–Kier alpha value is -1.40. The molecule has 4 N–H and O–H groups in total. The van der Waals surface area contributed by atoms with Crippen LogP contribution in [0.1, 0.15) is 31.2 Å². The van der Waals surface area contributed by atoms with Gasteiger partial charge >= 0.3 is 0 Å². The highest BCUT2D eigenvalue weighted by Gasteiger charge is 2.21. The minimum absolute atomic E-state index is 0.179. The molecule has 100 valence electrons. The summed E-state index contributed by atoms with van der Waals surface area (Å²) in [7, 11) is 0. The number of aliphatic hydroxyl groups is 1. The first kappa shape index (κ1) is 13.0. The van der Waals surface area contributed by atoms with Crippen molar-refractivity contribution in [2.24, 2.45) is 5.84 Å². The smallest absolute Gasteiger partial charge is 0.148 e. The lowest BCUT2D eigenvalue weighted by Gasteiger charge is -2.32. The summed E-state index contributed by atoms with van der Waals surface area (Å²) >= 11 is 0. The van der Waals surface area contributed by atoms with Gasteiger partial charge in [0.25, 0.3) is 0 Å². The average molecular weight is 251 g/mol. The molecule has 1 aliphatic rings. The highest BCUT2D eigenvalue weighted by Crippen LogP contribution is 2.25. The predicted octanol–water partition coefficient (Wildman–Crippen LogP) is 0.594. The van der Waals surface area contributed by atoms with Crippen molar-refractivity contribution >= 4 is 11.6 Å². The zero-order valence-electron chi connectivity index (χ0n) is 11.0. The molecule has 0 spiro atoms. The molecule has 18 heavy (non-hydrogen) atoms. The van der Waals surface area contributed by atoms with Gasteiger partial charge in [0.2, 0.25) is 0 Å². The van der Waals surface area contributed by atoms with Crippen LogP contribution in [0.25, 0.3) is 0 Å². The molecule has 0 aromatic carbocycles. The maximum absolute atomic E-state index is 9.55. The Kier molecular flexibility index (Phi) is 3.98. The van der Waals surface area contributed by atoms with E-state index < -0.39 is 0 Å². The van der Waals surface area contributed by atoms with Crippen molar-refractivity contribution in [1.82, 2.24) is 9.97 Å².